The summed E-state index contributed by atoms with van der Waals surface area (Å²) < 4.78 is 2.54. The molecule has 0 fully saturated rings. The van der Waals surface area contributed by atoms with Crippen molar-refractivity contribution in [3.63, 3.8) is 0 Å². The molecule has 2 aromatic heterocycles. The number of aryl methyl sites for hydroxylation is 3. The molecule has 4 aromatic rings. The summed E-state index contributed by atoms with van der Waals surface area (Å²) in [5, 5.41) is 10.4. The van der Waals surface area contributed by atoms with E-state index in [1.807, 2.05) is 63.2 Å². The van der Waals surface area contributed by atoms with Gasteiger partial charge in [0.05, 0.1) is 0 Å². The van der Waals surface area contributed by atoms with Gasteiger partial charge in [0.1, 0.15) is 6.54 Å². The van der Waals surface area contributed by atoms with E-state index in [0.29, 0.717) is 23.8 Å². The Balaban J connectivity index is 1.60. The first-order chi connectivity index (χ1) is 14.9. The molecule has 4 rings (SSSR count). The fourth-order valence-corrected chi connectivity index (χ4v) is 3.50. The van der Waals surface area contributed by atoms with Crippen molar-refractivity contribution in [3.8, 4) is 0 Å². The average Bonchev–Trinajstić information content (AvgIpc) is 3.01. The number of carbonyl (C=O) groups is 1. The number of nitrogens with one attached hydrogen (secondary N) is 2. The number of anilines is 2. The van der Waals surface area contributed by atoms with E-state index in [9.17, 15) is 9.59 Å². The number of hydrogen-bond acceptors (Lipinski definition) is 5. The smallest absolute Gasteiger partial charge is 0.350 e. The molecule has 0 aliphatic carbocycles. The van der Waals surface area contributed by atoms with Gasteiger partial charge in [-0.2, -0.15) is 0 Å². The molecule has 0 saturated carbocycles. The third kappa shape index (κ3) is 4.63. The Kier molecular flexibility index (Phi) is 5.53. The van der Waals surface area contributed by atoms with Crippen LogP contribution < -0.4 is 16.3 Å². The molecule has 0 spiro atoms. The SMILES string of the molecule is Cc1cc(C)cc(Nc2nc(C)cc3nn(CC(=O)NCc4ccccc4)c(=O)n23)c1. The molecular weight excluding hydrogens is 392 g/mol. The second-order valence-electron chi connectivity index (χ2n) is 7.62. The predicted octanol–water partition coefficient (Wildman–Crippen LogP) is 2.88. The highest BCUT2D eigenvalue weighted by atomic mass is 16.2. The summed E-state index contributed by atoms with van der Waals surface area (Å²) in [5.74, 6) is 0.0730. The molecule has 2 aromatic carbocycles. The van der Waals surface area contributed by atoms with Crippen LogP contribution in [0.4, 0.5) is 11.6 Å². The molecular formula is C23H24N6O2. The van der Waals surface area contributed by atoms with Crippen LogP contribution in [-0.4, -0.2) is 25.1 Å². The van der Waals surface area contributed by atoms with Gasteiger partial charge in [0, 0.05) is 24.0 Å². The first-order valence-electron chi connectivity index (χ1n) is 10.0. The average molecular weight is 416 g/mol. The number of nitrogens with zero attached hydrogens (tertiary/aromatic N) is 4. The molecule has 1 amide bonds. The van der Waals surface area contributed by atoms with Crippen LogP contribution in [0.15, 0.2) is 59.4 Å². The molecule has 0 radical (unpaired) electrons. The summed E-state index contributed by atoms with van der Waals surface area (Å²) in [6, 6.07) is 17.3. The zero-order valence-corrected chi connectivity index (χ0v) is 17.7. The predicted molar refractivity (Wildman–Crippen MR) is 119 cm³/mol. The third-order valence-electron chi connectivity index (χ3n) is 4.80. The van der Waals surface area contributed by atoms with E-state index < -0.39 is 5.69 Å². The molecule has 0 bridgehead atoms. The Morgan fingerprint density at radius 2 is 1.71 bits per heavy atom. The lowest BCUT2D eigenvalue weighted by Gasteiger charge is -2.09. The molecule has 8 nitrogen and oxygen atoms in total. The zero-order chi connectivity index (χ0) is 22.0. The Bertz CT molecular complexity index is 1290. The molecule has 2 heterocycles. The highest BCUT2D eigenvalue weighted by molar-refractivity contribution is 5.75. The minimum absolute atomic E-state index is 0.171. The first-order valence-corrected chi connectivity index (χ1v) is 10.0. The number of fused-ring (bicyclic) bond motifs is 1. The van der Waals surface area contributed by atoms with Crippen molar-refractivity contribution in [2.75, 3.05) is 5.32 Å². The van der Waals surface area contributed by atoms with Gasteiger partial charge in [-0.15, -0.1) is 5.10 Å². The van der Waals surface area contributed by atoms with Crippen molar-refractivity contribution < 1.29 is 4.79 Å². The van der Waals surface area contributed by atoms with Gasteiger partial charge in [0.25, 0.3) is 0 Å². The van der Waals surface area contributed by atoms with Crippen LogP contribution in [0.3, 0.4) is 0 Å². The van der Waals surface area contributed by atoms with Crippen LogP contribution in [0.1, 0.15) is 22.4 Å². The van der Waals surface area contributed by atoms with Crippen molar-refractivity contribution in [3.05, 3.63) is 87.5 Å². The monoisotopic (exact) mass is 416 g/mol. The van der Waals surface area contributed by atoms with Crippen LogP contribution in [0, 0.1) is 20.8 Å². The van der Waals surface area contributed by atoms with E-state index in [1.54, 1.807) is 6.07 Å². The largest absolute Gasteiger partial charge is 0.353 e. The van der Waals surface area contributed by atoms with Crippen molar-refractivity contribution in [1.82, 2.24) is 24.5 Å². The maximum atomic E-state index is 13.0. The number of amides is 1. The van der Waals surface area contributed by atoms with Crippen LogP contribution in [0.2, 0.25) is 0 Å². The normalized spacial score (nSPS) is 10.9. The summed E-state index contributed by atoms with van der Waals surface area (Å²) >= 11 is 0. The fraction of sp³-hybridized carbons (Fsp3) is 0.217. The number of carbonyl (C=O) groups excluding carboxylic acids is 1. The second-order valence-corrected chi connectivity index (χ2v) is 7.62. The van der Waals surface area contributed by atoms with Gasteiger partial charge in [-0.1, -0.05) is 36.4 Å². The van der Waals surface area contributed by atoms with E-state index in [2.05, 4.69) is 26.8 Å². The quantitative estimate of drug-likeness (QED) is 0.504. The summed E-state index contributed by atoms with van der Waals surface area (Å²) in [4.78, 5) is 29.9. The molecule has 31 heavy (non-hydrogen) atoms. The minimum Gasteiger partial charge on any atom is -0.350 e. The molecule has 158 valence electrons. The summed E-state index contributed by atoms with van der Waals surface area (Å²) in [5.41, 5.74) is 4.73. The maximum absolute atomic E-state index is 13.0. The van der Waals surface area contributed by atoms with Gasteiger partial charge in [0.15, 0.2) is 5.65 Å². The number of rotatable bonds is 6. The maximum Gasteiger partial charge on any atom is 0.353 e. The molecule has 2 N–H and O–H groups in total. The molecule has 0 unspecified atom stereocenters. The molecule has 0 saturated heterocycles. The van der Waals surface area contributed by atoms with Crippen LogP contribution in [0.25, 0.3) is 5.65 Å². The third-order valence-corrected chi connectivity index (χ3v) is 4.80. The van der Waals surface area contributed by atoms with Crippen molar-refractivity contribution >= 4 is 23.2 Å². The van der Waals surface area contributed by atoms with Gasteiger partial charge in [0.2, 0.25) is 11.9 Å². The number of aromatic nitrogens is 4. The topological polar surface area (TPSA) is 93.3 Å². The van der Waals surface area contributed by atoms with Crippen molar-refractivity contribution in [2.24, 2.45) is 0 Å². The summed E-state index contributed by atoms with van der Waals surface area (Å²) in [7, 11) is 0. The number of benzene rings is 2. The lowest BCUT2D eigenvalue weighted by molar-refractivity contribution is -0.122. The van der Waals surface area contributed by atoms with Gasteiger partial charge in [-0.25, -0.2) is 18.9 Å². The van der Waals surface area contributed by atoms with E-state index in [0.717, 1.165) is 27.1 Å². The van der Waals surface area contributed by atoms with Crippen LogP contribution in [0.5, 0.6) is 0 Å². The highest BCUT2D eigenvalue weighted by Gasteiger charge is 2.15. The van der Waals surface area contributed by atoms with E-state index in [4.69, 9.17) is 0 Å². The fourth-order valence-electron chi connectivity index (χ4n) is 3.50. The van der Waals surface area contributed by atoms with Gasteiger partial charge in [-0.3, -0.25) is 4.79 Å². The van der Waals surface area contributed by atoms with Gasteiger partial charge >= 0.3 is 5.69 Å². The van der Waals surface area contributed by atoms with Gasteiger partial charge < -0.3 is 10.6 Å². The number of hydrogen-bond donors (Lipinski definition) is 2. The molecule has 0 atom stereocenters. The Hall–Kier alpha value is -3.94. The Morgan fingerprint density at radius 3 is 2.42 bits per heavy atom. The standard InChI is InChI=1S/C23H24N6O2/c1-15-9-16(2)11-19(10-15)26-22-25-17(3)12-20-27-28(23(31)29(20)22)14-21(30)24-13-18-7-5-4-6-8-18/h4-12H,13-14H2,1-3H3,(H,24,30)(H,25,26). The Morgan fingerprint density at radius 1 is 1.00 bits per heavy atom. The lowest BCUT2D eigenvalue weighted by Crippen LogP contribution is -2.32. The molecule has 0 aliphatic rings. The van der Waals surface area contributed by atoms with Crippen LogP contribution in [-0.2, 0) is 17.9 Å². The Labute approximate surface area is 179 Å². The van der Waals surface area contributed by atoms with Crippen LogP contribution >= 0.6 is 0 Å². The molecule has 8 heteroatoms. The first kappa shape index (κ1) is 20.3. The second kappa shape index (κ2) is 8.43. The zero-order valence-electron chi connectivity index (χ0n) is 17.7. The van der Waals surface area contributed by atoms with E-state index in [-0.39, 0.29) is 12.5 Å². The minimum atomic E-state index is -0.427. The van der Waals surface area contributed by atoms with Crippen molar-refractivity contribution in [2.45, 2.75) is 33.9 Å². The highest BCUT2D eigenvalue weighted by Crippen LogP contribution is 2.19. The lowest BCUT2D eigenvalue weighted by atomic mass is 10.1. The van der Waals surface area contributed by atoms with Crippen molar-refractivity contribution in [1.29, 1.82) is 0 Å². The molecule has 0 aliphatic heterocycles. The van der Waals surface area contributed by atoms with Gasteiger partial charge in [-0.05, 0) is 49.6 Å². The van der Waals surface area contributed by atoms with E-state index in [1.165, 1.54) is 4.40 Å². The van der Waals surface area contributed by atoms with E-state index >= 15 is 0 Å². The summed E-state index contributed by atoms with van der Waals surface area (Å²) in [6.45, 7) is 6.07. The summed E-state index contributed by atoms with van der Waals surface area (Å²) in [6.07, 6.45) is 0.